The van der Waals surface area contributed by atoms with Gasteiger partial charge >= 0.3 is 6.09 Å². The molecule has 3 rings (SSSR count). The average Bonchev–Trinajstić information content (AvgIpc) is 3.28. The molecular formula is C18H23N5O5. The molecule has 1 fully saturated rings. The number of nitro benzene ring substituents is 1. The second-order valence-corrected chi connectivity index (χ2v) is 7.53. The topological polar surface area (TPSA) is 113 Å². The SMILES string of the molecule is COc1ccc([N+](=O)[O-])cc1-n1cc(C2CCCN2C(=O)OC(C)(C)C)nn1. The number of amides is 1. The highest BCUT2D eigenvalue weighted by molar-refractivity contribution is 5.69. The molecule has 2 heterocycles. The minimum absolute atomic E-state index is 0.0795. The summed E-state index contributed by atoms with van der Waals surface area (Å²) in [5, 5.41) is 19.4. The zero-order valence-electron chi connectivity index (χ0n) is 16.3. The summed E-state index contributed by atoms with van der Waals surface area (Å²) in [5.41, 5.74) is 0.330. The number of carbonyl (C=O) groups excluding carboxylic acids is 1. The Morgan fingerprint density at radius 2 is 2.11 bits per heavy atom. The molecule has 0 aliphatic carbocycles. The number of nitrogens with zero attached hydrogens (tertiary/aromatic N) is 5. The Morgan fingerprint density at radius 1 is 1.36 bits per heavy atom. The Morgan fingerprint density at radius 3 is 2.75 bits per heavy atom. The van der Waals surface area contributed by atoms with Gasteiger partial charge in [0.25, 0.3) is 5.69 Å². The van der Waals surface area contributed by atoms with Crippen molar-refractivity contribution in [2.45, 2.75) is 45.3 Å². The third kappa shape index (κ3) is 4.05. The van der Waals surface area contributed by atoms with Crippen molar-refractivity contribution >= 4 is 11.8 Å². The Labute approximate surface area is 162 Å². The summed E-state index contributed by atoms with van der Waals surface area (Å²) in [6.07, 6.45) is 2.84. The molecule has 1 amide bonds. The summed E-state index contributed by atoms with van der Waals surface area (Å²) in [7, 11) is 1.48. The third-order valence-electron chi connectivity index (χ3n) is 4.35. The van der Waals surface area contributed by atoms with Crippen molar-refractivity contribution in [3.63, 3.8) is 0 Å². The summed E-state index contributed by atoms with van der Waals surface area (Å²) in [4.78, 5) is 24.7. The van der Waals surface area contributed by atoms with Crippen LogP contribution in [0.25, 0.3) is 5.69 Å². The molecule has 0 spiro atoms. The molecule has 1 aliphatic heterocycles. The zero-order chi connectivity index (χ0) is 20.5. The van der Waals surface area contributed by atoms with E-state index in [9.17, 15) is 14.9 Å². The molecule has 1 aromatic heterocycles. The molecule has 0 radical (unpaired) electrons. The number of aromatic nitrogens is 3. The molecule has 1 aliphatic rings. The van der Waals surface area contributed by atoms with Crippen LogP contribution in [0.4, 0.5) is 10.5 Å². The molecular weight excluding hydrogens is 366 g/mol. The predicted octanol–water partition coefficient (Wildman–Crippen LogP) is 3.26. The van der Waals surface area contributed by atoms with E-state index in [2.05, 4.69) is 10.3 Å². The lowest BCUT2D eigenvalue weighted by atomic mass is 10.1. The van der Waals surface area contributed by atoms with Crippen molar-refractivity contribution in [1.29, 1.82) is 0 Å². The van der Waals surface area contributed by atoms with Crippen molar-refractivity contribution in [2.24, 2.45) is 0 Å². The highest BCUT2D eigenvalue weighted by Crippen LogP contribution is 2.33. The highest BCUT2D eigenvalue weighted by atomic mass is 16.6. The summed E-state index contributed by atoms with van der Waals surface area (Å²) in [5.74, 6) is 0.428. The normalized spacial score (nSPS) is 16.9. The van der Waals surface area contributed by atoms with Crippen LogP contribution in [-0.4, -0.2) is 50.2 Å². The molecule has 10 nitrogen and oxygen atoms in total. The van der Waals surface area contributed by atoms with Crippen molar-refractivity contribution in [1.82, 2.24) is 19.9 Å². The lowest BCUT2D eigenvalue weighted by molar-refractivity contribution is -0.384. The molecule has 28 heavy (non-hydrogen) atoms. The minimum Gasteiger partial charge on any atom is -0.494 e. The monoisotopic (exact) mass is 389 g/mol. The van der Waals surface area contributed by atoms with Gasteiger partial charge in [0.15, 0.2) is 0 Å². The highest BCUT2D eigenvalue weighted by Gasteiger charge is 2.35. The number of non-ortho nitro benzene ring substituents is 1. The van der Waals surface area contributed by atoms with Crippen molar-refractivity contribution in [3.8, 4) is 11.4 Å². The second-order valence-electron chi connectivity index (χ2n) is 7.53. The number of nitro groups is 1. The number of hydrogen-bond donors (Lipinski definition) is 0. The molecule has 10 heteroatoms. The number of likely N-dealkylation sites (tertiary alicyclic amines) is 1. The van der Waals surface area contributed by atoms with Gasteiger partial charge in [0.05, 0.1) is 24.3 Å². The van der Waals surface area contributed by atoms with Gasteiger partial charge in [-0.15, -0.1) is 5.10 Å². The van der Waals surface area contributed by atoms with Gasteiger partial charge in [-0.3, -0.25) is 15.0 Å². The van der Waals surface area contributed by atoms with Crippen LogP contribution in [0, 0.1) is 10.1 Å². The number of rotatable bonds is 4. The van der Waals surface area contributed by atoms with Crippen LogP contribution in [0.3, 0.4) is 0 Å². The van der Waals surface area contributed by atoms with Crippen LogP contribution in [0.2, 0.25) is 0 Å². The average molecular weight is 389 g/mol. The first kappa shape index (κ1) is 19.6. The third-order valence-corrected chi connectivity index (χ3v) is 4.35. The van der Waals surface area contributed by atoms with Gasteiger partial charge in [0.2, 0.25) is 0 Å². The number of hydrogen-bond acceptors (Lipinski definition) is 7. The fraction of sp³-hybridized carbons (Fsp3) is 0.500. The van der Waals surface area contributed by atoms with E-state index in [0.717, 1.165) is 12.8 Å². The van der Waals surface area contributed by atoms with E-state index in [-0.39, 0.29) is 11.7 Å². The number of methoxy groups -OCH3 is 1. The first-order valence-electron chi connectivity index (χ1n) is 8.94. The van der Waals surface area contributed by atoms with Gasteiger partial charge in [-0.1, -0.05) is 5.21 Å². The summed E-state index contributed by atoms with van der Waals surface area (Å²) in [6.45, 7) is 6.04. The van der Waals surface area contributed by atoms with E-state index in [1.165, 1.54) is 30.0 Å². The van der Waals surface area contributed by atoms with Gasteiger partial charge < -0.3 is 9.47 Å². The molecule has 1 saturated heterocycles. The quantitative estimate of drug-likeness (QED) is 0.582. The lowest BCUT2D eigenvalue weighted by Crippen LogP contribution is -2.36. The van der Waals surface area contributed by atoms with Gasteiger partial charge in [-0.2, -0.15) is 0 Å². The fourth-order valence-electron chi connectivity index (χ4n) is 3.13. The molecule has 1 unspecified atom stereocenters. The van der Waals surface area contributed by atoms with E-state index >= 15 is 0 Å². The molecule has 0 N–H and O–H groups in total. The molecule has 0 bridgehead atoms. The Hall–Kier alpha value is -3.17. The van der Waals surface area contributed by atoms with Crippen LogP contribution in [0.5, 0.6) is 5.75 Å². The summed E-state index contributed by atoms with van der Waals surface area (Å²) in [6, 6.07) is 3.99. The van der Waals surface area contributed by atoms with Crippen LogP contribution >= 0.6 is 0 Å². The summed E-state index contributed by atoms with van der Waals surface area (Å²) >= 11 is 0. The second kappa shape index (κ2) is 7.45. The molecule has 1 atom stereocenters. The van der Waals surface area contributed by atoms with Crippen molar-refractivity contribution in [2.75, 3.05) is 13.7 Å². The Bertz CT molecular complexity index is 889. The lowest BCUT2D eigenvalue weighted by Gasteiger charge is -2.27. The number of carbonyl (C=O) groups is 1. The molecule has 0 saturated carbocycles. The zero-order valence-corrected chi connectivity index (χ0v) is 16.3. The van der Waals surface area contributed by atoms with Gasteiger partial charge in [0, 0.05) is 18.7 Å². The van der Waals surface area contributed by atoms with Gasteiger partial charge in [0.1, 0.15) is 22.7 Å². The fourth-order valence-corrected chi connectivity index (χ4v) is 3.13. The smallest absolute Gasteiger partial charge is 0.410 e. The van der Waals surface area contributed by atoms with E-state index in [1.54, 1.807) is 11.1 Å². The first-order valence-corrected chi connectivity index (χ1v) is 8.94. The summed E-state index contributed by atoms with van der Waals surface area (Å²) < 4.78 is 12.2. The van der Waals surface area contributed by atoms with Gasteiger partial charge in [-0.05, 0) is 39.7 Å². The molecule has 1 aromatic carbocycles. The Kier molecular flexibility index (Phi) is 5.21. The van der Waals surface area contributed by atoms with Crippen molar-refractivity contribution in [3.05, 3.63) is 40.2 Å². The largest absolute Gasteiger partial charge is 0.494 e. The standard InChI is InChI=1S/C18H23N5O5/c1-18(2,3)28-17(24)21-9-5-6-14(21)13-11-22(20-19-13)15-10-12(23(25)26)7-8-16(15)27-4/h7-8,10-11,14H,5-6,9H2,1-4H3. The number of ether oxygens (including phenoxy) is 2. The predicted molar refractivity (Wildman–Crippen MR) is 99.5 cm³/mol. The van der Waals surface area contributed by atoms with E-state index in [0.29, 0.717) is 23.7 Å². The van der Waals surface area contributed by atoms with Crippen LogP contribution in [0.15, 0.2) is 24.4 Å². The molecule has 150 valence electrons. The van der Waals surface area contributed by atoms with Crippen LogP contribution in [-0.2, 0) is 4.74 Å². The number of benzene rings is 1. The van der Waals surface area contributed by atoms with E-state index in [1.807, 2.05) is 20.8 Å². The maximum atomic E-state index is 12.5. The van der Waals surface area contributed by atoms with E-state index in [4.69, 9.17) is 9.47 Å². The maximum Gasteiger partial charge on any atom is 0.410 e. The first-order chi connectivity index (χ1) is 13.2. The van der Waals surface area contributed by atoms with Crippen LogP contribution < -0.4 is 4.74 Å². The van der Waals surface area contributed by atoms with E-state index < -0.39 is 16.6 Å². The van der Waals surface area contributed by atoms with Gasteiger partial charge in [-0.25, -0.2) is 9.48 Å². The maximum absolute atomic E-state index is 12.5. The minimum atomic E-state index is -0.585. The van der Waals surface area contributed by atoms with Crippen molar-refractivity contribution < 1.29 is 19.2 Å². The Balaban J connectivity index is 1.89. The van der Waals surface area contributed by atoms with Crippen LogP contribution in [0.1, 0.15) is 45.3 Å². The molecule has 2 aromatic rings.